The minimum absolute atomic E-state index is 0.0449. The predicted octanol–water partition coefficient (Wildman–Crippen LogP) is 4.89. The molecule has 0 radical (unpaired) electrons. The van der Waals surface area contributed by atoms with Crippen LogP contribution < -0.4 is 4.74 Å². The molecule has 0 fully saturated rings. The number of hydrogen-bond acceptors (Lipinski definition) is 3. The Labute approximate surface area is 174 Å². The molecule has 0 atom stereocenters. The van der Waals surface area contributed by atoms with Crippen LogP contribution in [0.1, 0.15) is 27.2 Å². The van der Waals surface area contributed by atoms with Gasteiger partial charge in [0.15, 0.2) is 0 Å². The molecule has 5 nitrogen and oxygen atoms in total. The second kappa shape index (κ2) is 8.67. The summed E-state index contributed by atoms with van der Waals surface area (Å²) in [6.45, 7) is 2.85. The summed E-state index contributed by atoms with van der Waals surface area (Å²) < 4.78 is 7.53. The highest BCUT2D eigenvalue weighted by molar-refractivity contribution is 6.35. The number of benzene rings is 2. The lowest BCUT2D eigenvalue weighted by Gasteiger charge is -2.17. The van der Waals surface area contributed by atoms with E-state index in [0.717, 1.165) is 16.8 Å². The van der Waals surface area contributed by atoms with Crippen LogP contribution in [0.15, 0.2) is 48.7 Å². The molecule has 0 unspecified atom stereocenters. The molecule has 1 heterocycles. The van der Waals surface area contributed by atoms with Crippen LogP contribution in [-0.4, -0.2) is 27.6 Å². The molecular formula is C21H21Cl2N3O2. The number of carbonyl (C=O) groups is 1. The van der Waals surface area contributed by atoms with E-state index < -0.39 is 0 Å². The van der Waals surface area contributed by atoms with E-state index in [0.29, 0.717) is 34.5 Å². The monoisotopic (exact) mass is 417 g/mol. The number of aromatic nitrogens is 2. The fourth-order valence-corrected chi connectivity index (χ4v) is 3.21. The SMILES string of the molecule is Cc1c(CN(C)C(=O)c2ccc(COc3ccc(Cl)cc3Cl)cc2)cnn1C. The van der Waals surface area contributed by atoms with Crippen molar-refractivity contribution in [1.82, 2.24) is 14.7 Å². The smallest absolute Gasteiger partial charge is 0.253 e. The van der Waals surface area contributed by atoms with Crippen LogP contribution in [0, 0.1) is 6.92 Å². The van der Waals surface area contributed by atoms with Crippen molar-refractivity contribution >= 4 is 29.1 Å². The van der Waals surface area contributed by atoms with Gasteiger partial charge in [0.2, 0.25) is 0 Å². The van der Waals surface area contributed by atoms with Crippen molar-refractivity contribution in [1.29, 1.82) is 0 Å². The zero-order valence-electron chi connectivity index (χ0n) is 15.9. The number of ether oxygens (including phenoxy) is 1. The first-order valence-electron chi connectivity index (χ1n) is 8.75. The first-order chi connectivity index (χ1) is 13.3. The lowest BCUT2D eigenvalue weighted by molar-refractivity contribution is 0.0785. The van der Waals surface area contributed by atoms with Crippen LogP contribution in [0.2, 0.25) is 10.0 Å². The summed E-state index contributed by atoms with van der Waals surface area (Å²) in [6, 6.07) is 12.5. The number of hydrogen-bond donors (Lipinski definition) is 0. The number of nitrogens with zero attached hydrogens (tertiary/aromatic N) is 3. The molecule has 0 spiro atoms. The van der Waals surface area contributed by atoms with Crippen LogP contribution in [0.4, 0.5) is 0 Å². The van der Waals surface area contributed by atoms with Gasteiger partial charge in [0.25, 0.3) is 5.91 Å². The molecule has 0 bridgehead atoms. The van der Waals surface area contributed by atoms with E-state index in [1.54, 1.807) is 53.2 Å². The Hall–Kier alpha value is -2.50. The van der Waals surface area contributed by atoms with Crippen molar-refractivity contribution in [2.24, 2.45) is 7.05 Å². The molecule has 7 heteroatoms. The molecule has 28 heavy (non-hydrogen) atoms. The van der Waals surface area contributed by atoms with Gasteiger partial charge in [-0.25, -0.2) is 0 Å². The van der Waals surface area contributed by atoms with Gasteiger partial charge in [-0.15, -0.1) is 0 Å². The second-order valence-electron chi connectivity index (χ2n) is 6.60. The summed E-state index contributed by atoms with van der Waals surface area (Å²) in [5, 5.41) is 5.24. The van der Waals surface area contributed by atoms with Gasteiger partial charge in [0.05, 0.1) is 11.2 Å². The van der Waals surface area contributed by atoms with Gasteiger partial charge in [-0.2, -0.15) is 5.10 Å². The maximum Gasteiger partial charge on any atom is 0.253 e. The number of carbonyl (C=O) groups excluding carboxylic acids is 1. The Balaban J connectivity index is 1.61. The van der Waals surface area contributed by atoms with E-state index in [-0.39, 0.29) is 5.91 Å². The zero-order chi connectivity index (χ0) is 20.3. The number of aryl methyl sites for hydroxylation is 1. The van der Waals surface area contributed by atoms with Crippen molar-refractivity contribution in [3.05, 3.63) is 81.1 Å². The number of rotatable bonds is 6. The van der Waals surface area contributed by atoms with Crippen molar-refractivity contribution in [2.75, 3.05) is 7.05 Å². The third-order valence-corrected chi connectivity index (χ3v) is 5.11. The Kier molecular flexibility index (Phi) is 6.27. The van der Waals surface area contributed by atoms with Gasteiger partial charge in [-0.05, 0) is 42.8 Å². The highest BCUT2D eigenvalue weighted by Crippen LogP contribution is 2.28. The lowest BCUT2D eigenvalue weighted by atomic mass is 10.1. The Morgan fingerprint density at radius 1 is 1.18 bits per heavy atom. The summed E-state index contributed by atoms with van der Waals surface area (Å²) in [5.74, 6) is 0.522. The first kappa shape index (κ1) is 20.2. The van der Waals surface area contributed by atoms with E-state index in [9.17, 15) is 4.79 Å². The van der Waals surface area contributed by atoms with Crippen LogP contribution >= 0.6 is 23.2 Å². The maximum absolute atomic E-state index is 12.7. The fraction of sp³-hybridized carbons (Fsp3) is 0.238. The minimum atomic E-state index is -0.0449. The average Bonchev–Trinajstić information content (AvgIpc) is 2.99. The fourth-order valence-electron chi connectivity index (χ4n) is 2.74. The normalized spacial score (nSPS) is 10.8. The molecule has 0 aliphatic rings. The predicted molar refractivity (Wildman–Crippen MR) is 111 cm³/mol. The van der Waals surface area contributed by atoms with E-state index >= 15 is 0 Å². The molecule has 3 aromatic rings. The number of halogens is 2. The Morgan fingerprint density at radius 3 is 2.50 bits per heavy atom. The molecule has 0 aliphatic carbocycles. The van der Waals surface area contributed by atoms with Gasteiger partial charge >= 0.3 is 0 Å². The summed E-state index contributed by atoms with van der Waals surface area (Å²) in [7, 11) is 3.67. The quantitative estimate of drug-likeness (QED) is 0.573. The highest BCUT2D eigenvalue weighted by Gasteiger charge is 2.14. The van der Waals surface area contributed by atoms with Gasteiger partial charge in [-0.1, -0.05) is 35.3 Å². The summed E-state index contributed by atoms with van der Waals surface area (Å²) >= 11 is 12.0. The standard InChI is InChI=1S/C21H21Cl2N3O2/c1-14-17(11-24-26(14)3)12-25(2)21(27)16-6-4-15(5-7-16)13-28-20-9-8-18(22)10-19(20)23/h4-11H,12-13H2,1-3H3. The molecule has 1 aromatic heterocycles. The highest BCUT2D eigenvalue weighted by atomic mass is 35.5. The Bertz CT molecular complexity index is 984. The lowest BCUT2D eigenvalue weighted by Crippen LogP contribution is -2.26. The average molecular weight is 418 g/mol. The van der Waals surface area contributed by atoms with E-state index in [2.05, 4.69) is 5.10 Å². The summed E-state index contributed by atoms with van der Waals surface area (Å²) in [5.41, 5.74) is 3.64. The van der Waals surface area contributed by atoms with Gasteiger partial charge in [-0.3, -0.25) is 9.48 Å². The molecule has 0 N–H and O–H groups in total. The summed E-state index contributed by atoms with van der Waals surface area (Å²) in [4.78, 5) is 14.4. The number of amides is 1. The second-order valence-corrected chi connectivity index (χ2v) is 7.44. The van der Waals surface area contributed by atoms with Crippen molar-refractivity contribution < 1.29 is 9.53 Å². The van der Waals surface area contributed by atoms with Gasteiger partial charge in [0, 0.05) is 42.5 Å². The van der Waals surface area contributed by atoms with E-state index in [4.69, 9.17) is 27.9 Å². The van der Waals surface area contributed by atoms with Crippen LogP contribution in [0.3, 0.4) is 0 Å². The molecule has 0 aliphatic heterocycles. The largest absolute Gasteiger partial charge is 0.487 e. The molecule has 0 saturated carbocycles. The third kappa shape index (κ3) is 4.66. The third-order valence-electron chi connectivity index (χ3n) is 4.58. The molecule has 146 valence electrons. The van der Waals surface area contributed by atoms with E-state index in [1.807, 2.05) is 26.1 Å². The van der Waals surface area contributed by atoms with Crippen LogP contribution in [-0.2, 0) is 20.2 Å². The first-order valence-corrected chi connectivity index (χ1v) is 9.50. The molecule has 3 rings (SSSR count). The molecular weight excluding hydrogens is 397 g/mol. The van der Waals surface area contributed by atoms with Crippen LogP contribution in [0.25, 0.3) is 0 Å². The molecule has 1 amide bonds. The van der Waals surface area contributed by atoms with Crippen molar-refractivity contribution in [3.63, 3.8) is 0 Å². The zero-order valence-corrected chi connectivity index (χ0v) is 17.5. The van der Waals surface area contributed by atoms with Gasteiger partial charge < -0.3 is 9.64 Å². The van der Waals surface area contributed by atoms with Crippen LogP contribution in [0.5, 0.6) is 5.75 Å². The Morgan fingerprint density at radius 2 is 1.89 bits per heavy atom. The topological polar surface area (TPSA) is 47.4 Å². The van der Waals surface area contributed by atoms with E-state index in [1.165, 1.54) is 0 Å². The minimum Gasteiger partial charge on any atom is -0.487 e. The van der Waals surface area contributed by atoms with Crippen molar-refractivity contribution in [2.45, 2.75) is 20.1 Å². The maximum atomic E-state index is 12.7. The molecule has 0 saturated heterocycles. The van der Waals surface area contributed by atoms with Crippen molar-refractivity contribution in [3.8, 4) is 5.75 Å². The molecule has 2 aromatic carbocycles. The van der Waals surface area contributed by atoms with Gasteiger partial charge in [0.1, 0.15) is 12.4 Å². The summed E-state index contributed by atoms with van der Waals surface area (Å²) in [6.07, 6.45) is 1.79.